The van der Waals surface area contributed by atoms with Crippen LogP contribution in [-0.2, 0) is 29.5 Å². The fraction of sp³-hybridized carbons (Fsp3) is 0.467. The summed E-state index contributed by atoms with van der Waals surface area (Å²) in [5.41, 5.74) is 6.09. The number of hydrogen-bond donors (Lipinski definition) is 2. The highest BCUT2D eigenvalue weighted by Gasteiger charge is 2.21. The molecule has 1 aliphatic rings. The van der Waals surface area contributed by atoms with Crippen molar-refractivity contribution in [2.45, 2.75) is 30.8 Å². The van der Waals surface area contributed by atoms with E-state index in [1.165, 1.54) is 21.2 Å². The molecule has 2 aromatic rings. The van der Waals surface area contributed by atoms with Crippen LogP contribution in [0.5, 0.6) is 0 Å². The minimum Gasteiger partial charge on any atom is -0.368 e. The summed E-state index contributed by atoms with van der Waals surface area (Å²) in [7, 11) is 1.67. The topological polar surface area (TPSA) is 107 Å². The fourth-order valence-corrected chi connectivity index (χ4v) is 4.87. The van der Waals surface area contributed by atoms with Crippen molar-refractivity contribution in [2.24, 2.45) is 12.8 Å². The normalized spacial score (nSPS) is 13.7. The predicted molar refractivity (Wildman–Crippen MR) is 94.4 cm³/mol. The van der Waals surface area contributed by atoms with E-state index in [1.54, 1.807) is 18.4 Å². The molecule has 128 valence electrons. The summed E-state index contributed by atoms with van der Waals surface area (Å²) in [5.74, 6) is -0.840. The molecule has 3 rings (SSSR count). The number of nitrogens with two attached hydrogens (primary N) is 1. The van der Waals surface area contributed by atoms with Crippen molar-refractivity contribution >= 4 is 45.1 Å². The molecule has 24 heavy (non-hydrogen) atoms. The lowest BCUT2D eigenvalue weighted by Gasteiger charge is -2.10. The van der Waals surface area contributed by atoms with Gasteiger partial charge in [0.1, 0.15) is 4.83 Å². The number of primary amides is 1. The second-order valence-corrected chi connectivity index (χ2v) is 7.71. The van der Waals surface area contributed by atoms with Crippen LogP contribution in [0.3, 0.4) is 0 Å². The van der Waals surface area contributed by atoms with Crippen molar-refractivity contribution in [3.05, 3.63) is 20.8 Å². The van der Waals surface area contributed by atoms with Gasteiger partial charge in [-0.25, -0.2) is 4.98 Å². The van der Waals surface area contributed by atoms with Gasteiger partial charge in [-0.05, 0) is 31.2 Å². The van der Waals surface area contributed by atoms with E-state index in [1.807, 2.05) is 0 Å². The second kappa shape index (κ2) is 6.94. The maximum absolute atomic E-state index is 12.7. The average molecular weight is 366 g/mol. The minimum absolute atomic E-state index is 0.0561. The molecule has 0 bridgehead atoms. The van der Waals surface area contributed by atoms with Gasteiger partial charge in [0.05, 0.1) is 17.7 Å². The lowest BCUT2D eigenvalue weighted by atomic mass is 9.97. The van der Waals surface area contributed by atoms with Crippen molar-refractivity contribution in [1.29, 1.82) is 0 Å². The smallest absolute Gasteiger partial charge is 0.262 e. The zero-order valence-corrected chi connectivity index (χ0v) is 14.9. The van der Waals surface area contributed by atoms with Crippen LogP contribution in [0.15, 0.2) is 9.95 Å². The Balaban J connectivity index is 1.84. The molecule has 0 spiro atoms. The number of carbonyl (C=O) groups is 2. The monoisotopic (exact) mass is 366 g/mol. The number of amides is 2. The van der Waals surface area contributed by atoms with E-state index in [-0.39, 0.29) is 23.8 Å². The van der Waals surface area contributed by atoms with Crippen molar-refractivity contribution in [3.63, 3.8) is 0 Å². The molecule has 0 unspecified atom stereocenters. The predicted octanol–water partition coefficient (Wildman–Crippen LogP) is 0.567. The lowest BCUT2D eigenvalue weighted by molar-refractivity contribution is -0.123. The number of nitrogens with zero attached hydrogens (tertiary/aromatic N) is 2. The standard InChI is InChI=1S/C15H18N4O3S2/c1-19-14(22)12-8-4-2-3-5-9(8)24-13(12)18-15(19)23-7-11(21)17-6-10(16)20/h2-7H2,1H3,(H2,16,20)(H,17,21). The summed E-state index contributed by atoms with van der Waals surface area (Å²) in [6.45, 7) is -0.192. The molecule has 3 N–H and O–H groups in total. The quantitative estimate of drug-likeness (QED) is 0.594. The van der Waals surface area contributed by atoms with E-state index in [9.17, 15) is 14.4 Å². The molecule has 0 atom stereocenters. The van der Waals surface area contributed by atoms with Crippen LogP contribution in [0.25, 0.3) is 10.2 Å². The molecule has 0 saturated heterocycles. The largest absolute Gasteiger partial charge is 0.368 e. The van der Waals surface area contributed by atoms with Crippen molar-refractivity contribution in [3.8, 4) is 0 Å². The first-order valence-electron chi connectivity index (χ1n) is 7.66. The SMILES string of the molecule is Cn1c(SCC(=O)NCC(N)=O)nc2sc3c(c2c1=O)CCCC3. The van der Waals surface area contributed by atoms with Gasteiger partial charge in [0.15, 0.2) is 5.16 Å². The molecule has 7 nitrogen and oxygen atoms in total. The van der Waals surface area contributed by atoms with Gasteiger partial charge in [0, 0.05) is 11.9 Å². The third-order valence-electron chi connectivity index (χ3n) is 3.95. The van der Waals surface area contributed by atoms with Crippen molar-refractivity contribution in [2.75, 3.05) is 12.3 Å². The molecule has 0 aliphatic heterocycles. The first-order chi connectivity index (χ1) is 11.5. The Morgan fingerprint density at radius 3 is 2.88 bits per heavy atom. The van der Waals surface area contributed by atoms with Crippen LogP contribution in [0.1, 0.15) is 23.3 Å². The van der Waals surface area contributed by atoms with E-state index in [0.717, 1.165) is 41.5 Å². The van der Waals surface area contributed by atoms with Crippen LogP contribution in [-0.4, -0.2) is 33.7 Å². The number of carbonyl (C=O) groups excluding carboxylic acids is 2. The third-order valence-corrected chi connectivity index (χ3v) is 6.16. The van der Waals surface area contributed by atoms with Gasteiger partial charge in [-0.2, -0.15) is 0 Å². The van der Waals surface area contributed by atoms with Crippen LogP contribution < -0.4 is 16.6 Å². The molecule has 0 fully saturated rings. The molecule has 9 heteroatoms. The van der Waals surface area contributed by atoms with Crippen LogP contribution >= 0.6 is 23.1 Å². The number of aromatic nitrogens is 2. The van der Waals surface area contributed by atoms with Gasteiger partial charge in [0.25, 0.3) is 5.56 Å². The third kappa shape index (κ3) is 3.32. The highest BCUT2D eigenvalue weighted by molar-refractivity contribution is 7.99. The number of hydrogen-bond acceptors (Lipinski definition) is 6. The highest BCUT2D eigenvalue weighted by atomic mass is 32.2. The number of rotatable bonds is 5. The average Bonchev–Trinajstić information content (AvgIpc) is 2.93. The van der Waals surface area contributed by atoms with Gasteiger partial charge < -0.3 is 11.1 Å². The highest BCUT2D eigenvalue weighted by Crippen LogP contribution is 2.34. The molecule has 1 aliphatic carbocycles. The molecule has 0 aromatic carbocycles. The number of aryl methyl sites for hydroxylation is 2. The van der Waals surface area contributed by atoms with Gasteiger partial charge >= 0.3 is 0 Å². The summed E-state index contributed by atoms with van der Waals surface area (Å²) >= 11 is 2.76. The van der Waals surface area contributed by atoms with E-state index in [4.69, 9.17) is 5.73 Å². The Hall–Kier alpha value is -1.87. The maximum Gasteiger partial charge on any atom is 0.262 e. The molecule has 2 aromatic heterocycles. The summed E-state index contributed by atoms with van der Waals surface area (Å²) in [6, 6.07) is 0. The van der Waals surface area contributed by atoms with Gasteiger partial charge in [-0.15, -0.1) is 11.3 Å². The Labute approximate surface area is 146 Å². The van der Waals surface area contributed by atoms with Crippen molar-refractivity contribution < 1.29 is 9.59 Å². The molecular formula is C15H18N4O3S2. The first kappa shape index (κ1) is 17.0. The number of thioether (sulfide) groups is 1. The van der Waals surface area contributed by atoms with Crippen LogP contribution in [0.2, 0.25) is 0 Å². The number of fused-ring (bicyclic) bond motifs is 3. The summed E-state index contributed by atoms with van der Waals surface area (Å²) in [6.07, 6.45) is 4.21. The Morgan fingerprint density at radius 1 is 1.38 bits per heavy atom. The number of nitrogens with one attached hydrogen (secondary N) is 1. The van der Waals surface area contributed by atoms with E-state index in [0.29, 0.717) is 5.16 Å². The number of thiophene rings is 1. The Bertz CT molecular complexity index is 872. The van der Waals surface area contributed by atoms with Gasteiger partial charge in [0.2, 0.25) is 11.8 Å². The first-order valence-corrected chi connectivity index (χ1v) is 9.46. The van der Waals surface area contributed by atoms with Crippen LogP contribution in [0, 0.1) is 0 Å². The van der Waals surface area contributed by atoms with Crippen molar-refractivity contribution in [1.82, 2.24) is 14.9 Å². The summed E-state index contributed by atoms with van der Waals surface area (Å²) in [5, 5.41) is 3.65. The molecular weight excluding hydrogens is 348 g/mol. The Kier molecular flexibility index (Phi) is 4.91. The zero-order chi connectivity index (χ0) is 17.3. The minimum atomic E-state index is -0.593. The van der Waals surface area contributed by atoms with Gasteiger partial charge in [-0.1, -0.05) is 11.8 Å². The Morgan fingerprint density at radius 2 is 2.12 bits per heavy atom. The molecule has 0 radical (unpaired) electrons. The summed E-state index contributed by atoms with van der Waals surface area (Å²) < 4.78 is 1.50. The maximum atomic E-state index is 12.7. The molecule has 2 amide bonds. The fourth-order valence-electron chi connectivity index (χ4n) is 2.76. The lowest BCUT2D eigenvalue weighted by Crippen LogP contribution is -2.34. The summed E-state index contributed by atoms with van der Waals surface area (Å²) in [4.78, 5) is 41.6. The molecule has 2 heterocycles. The zero-order valence-electron chi connectivity index (χ0n) is 13.3. The van der Waals surface area contributed by atoms with Crippen LogP contribution in [0.4, 0.5) is 0 Å². The van der Waals surface area contributed by atoms with E-state index in [2.05, 4.69) is 10.3 Å². The molecule has 0 saturated carbocycles. The van der Waals surface area contributed by atoms with E-state index < -0.39 is 5.91 Å². The van der Waals surface area contributed by atoms with Gasteiger partial charge in [-0.3, -0.25) is 19.0 Å². The second-order valence-electron chi connectivity index (χ2n) is 5.68. The van der Waals surface area contributed by atoms with E-state index >= 15 is 0 Å².